The van der Waals surface area contributed by atoms with Crippen LogP contribution >= 0.6 is 0 Å². The predicted molar refractivity (Wildman–Crippen MR) is 64.4 cm³/mol. The number of nitrogens with two attached hydrogens (primary N) is 1. The third kappa shape index (κ3) is 6.26. The molecule has 0 spiro atoms. The quantitative estimate of drug-likeness (QED) is 0.545. The van der Waals surface area contributed by atoms with E-state index in [0.29, 0.717) is 6.42 Å². The first-order valence-corrected chi connectivity index (χ1v) is 5.75. The number of carbonyl (C=O) groups is 2. The van der Waals surface area contributed by atoms with Crippen molar-refractivity contribution in [2.75, 3.05) is 7.11 Å². The largest absolute Gasteiger partial charge is 0.481 e. The van der Waals surface area contributed by atoms with Gasteiger partial charge in [0.05, 0.1) is 7.11 Å². The molecule has 5 heteroatoms. The zero-order valence-corrected chi connectivity index (χ0v) is 11.0. The van der Waals surface area contributed by atoms with Crippen molar-refractivity contribution < 1.29 is 19.4 Å². The van der Waals surface area contributed by atoms with Crippen molar-refractivity contribution in [1.29, 1.82) is 0 Å². The van der Waals surface area contributed by atoms with Crippen LogP contribution in [0.15, 0.2) is 0 Å². The van der Waals surface area contributed by atoms with Gasteiger partial charge in [0.2, 0.25) is 0 Å². The van der Waals surface area contributed by atoms with Crippen LogP contribution in [0.2, 0.25) is 0 Å². The molecule has 0 heterocycles. The molecule has 0 aromatic carbocycles. The molecule has 0 aliphatic carbocycles. The van der Waals surface area contributed by atoms with Gasteiger partial charge in [-0.3, -0.25) is 9.59 Å². The Morgan fingerprint density at radius 2 is 1.88 bits per heavy atom. The third-order valence-corrected chi connectivity index (χ3v) is 2.61. The van der Waals surface area contributed by atoms with Crippen molar-refractivity contribution in [2.24, 2.45) is 17.1 Å². The van der Waals surface area contributed by atoms with Crippen LogP contribution in [0.25, 0.3) is 0 Å². The van der Waals surface area contributed by atoms with Crippen LogP contribution in [0.4, 0.5) is 0 Å². The number of hydrogen-bond donors (Lipinski definition) is 2. The molecule has 0 fully saturated rings. The molecular formula is C12H23NO4. The summed E-state index contributed by atoms with van der Waals surface area (Å²) < 4.78 is 4.44. The Morgan fingerprint density at radius 1 is 1.35 bits per heavy atom. The van der Waals surface area contributed by atoms with Crippen molar-refractivity contribution in [3.8, 4) is 0 Å². The summed E-state index contributed by atoms with van der Waals surface area (Å²) in [6, 6.07) is -0.692. The number of aliphatic carboxylic acids is 1. The van der Waals surface area contributed by atoms with E-state index in [1.54, 1.807) is 0 Å². The van der Waals surface area contributed by atoms with Gasteiger partial charge in [-0.15, -0.1) is 0 Å². The molecule has 0 aromatic rings. The van der Waals surface area contributed by atoms with Crippen molar-refractivity contribution >= 4 is 11.9 Å². The second-order valence-electron chi connectivity index (χ2n) is 5.46. The number of ether oxygens (including phenoxy) is 1. The van der Waals surface area contributed by atoms with E-state index in [0.717, 1.165) is 12.8 Å². The summed E-state index contributed by atoms with van der Waals surface area (Å²) in [6.07, 6.45) is 2.24. The molecule has 17 heavy (non-hydrogen) atoms. The number of esters is 1. The fourth-order valence-electron chi connectivity index (χ4n) is 1.62. The van der Waals surface area contributed by atoms with E-state index >= 15 is 0 Å². The summed E-state index contributed by atoms with van der Waals surface area (Å²) in [7, 11) is 1.17. The maximum absolute atomic E-state index is 11.3. The first-order chi connectivity index (χ1) is 7.69. The van der Waals surface area contributed by atoms with E-state index in [1.165, 1.54) is 7.11 Å². The van der Waals surface area contributed by atoms with Crippen LogP contribution in [0.3, 0.4) is 0 Å². The Balaban J connectivity index is 4.30. The Bertz CT molecular complexity index is 270. The SMILES string of the molecule is COC(=O)C(C(=O)O)C(N)CCCC(C)(C)C. The fourth-order valence-corrected chi connectivity index (χ4v) is 1.62. The molecule has 100 valence electrons. The predicted octanol–water partition coefficient (Wildman–Crippen LogP) is 1.40. The monoisotopic (exact) mass is 245 g/mol. The van der Waals surface area contributed by atoms with Crippen molar-refractivity contribution in [3.05, 3.63) is 0 Å². The van der Waals surface area contributed by atoms with Gasteiger partial charge >= 0.3 is 11.9 Å². The van der Waals surface area contributed by atoms with Crippen LogP contribution in [0.1, 0.15) is 40.0 Å². The van der Waals surface area contributed by atoms with Gasteiger partial charge in [0, 0.05) is 6.04 Å². The molecule has 0 aromatic heterocycles. The molecule has 5 nitrogen and oxygen atoms in total. The lowest BCUT2D eigenvalue weighted by Gasteiger charge is -2.21. The zero-order valence-electron chi connectivity index (χ0n) is 11.0. The minimum atomic E-state index is -1.26. The average molecular weight is 245 g/mol. The van der Waals surface area contributed by atoms with Crippen LogP contribution in [0.5, 0.6) is 0 Å². The molecule has 2 unspecified atom stereocenters. The van der Waals surface area contributed by atoms with Gasteiger partial charge in [0.15, 0.2) is 5.92 Å². The molecule has 0 aliphatic heterocycles. The average Bonchev–Trinajstić information content (AvgIpc) is 2.14. The van der Waals surface area contributed by atoms with Gasteiger partial charge < -0.3 is 15.6 Å². The number of methoxy groups -OCH3 is 1. The van der Waals surface area contributed by atoms with Gasteiger partial charge in [-0.1, -0.05) is 27.2 Å². The Kier molecular flexibility index (Phi) is 6.16. The van der Waals surface area contributed by atoms with Crippen LogP contribution in [-0.4, -0.2) is 30.2 Å². The summed E-state index contributed by atoms with van der Waals surface area (Å²) in [5, 5.41) is 8.92. The summed E-state index contributed by atoms with van der Waals surface area (Å²) >= 11 is 0. The summed E-state index contributed by atoms with van der Waals surface area (Å²) in [5.41, 5.74) is 5.93. The molecule has 2 atom stereocenters. The molecule has 0 amide bonds. The molecule has 0 bridgehead atoms. The summed E-state index contributed by atoms with van der Waals surface area (Å²) in [4.78, 5) is 22.2. The standard InChI is InChI=1S/C12H23NO4/c1-12(2,3)7-5-6-8(13)9(10(14)15)11(16)17-4/h8-9H,5-7,13H2,1-4H3,(H,14,15). The number of rotatable bonds is 6. The number of carboxylic acid groups (broad SMARTS) is 1. The van der Waals surface area contributed by atoms with Crippen molar-refractivity contribution in [3.63, 3.8) is 0 Å². The van der Waals surface area contributed by atoms with Crippen LogP contribution < -0.4 is 5.73 Å². The van der Waals surface area contributed by atoms with E-state index in [2.05, 4.69) is 25.5 Å². The maximum atomic E-state index is 11.3. The second-order valence-corrected chi connectivity index (χ2v) is 5.46. The van der Waals surface area contributed by atoms with Crippen molar-refractivity contribution in [2.45, 2.75) is 46.1 Å². The normalized spacial score (nSPS) is 15.1. The van der Waals surface area contributed by atoms with E-state index in [9.17, 15) is 9.59 Å². The highest BCUT2D eigenvalue weighted by atomic mass is 16.5. The minimum absolute atomic E-state index is 0.184. The first-order valence-electron chi connectivity index (χ1n) is 5.75. The summed E-state index contributed by atoms with van der Waals surface area (Å²) in [6.45, 7) is 6.31. The van der Waals surface area contributed by atoms with Crippen molar-refractivity contribution in [1.82, 2.24) is 0 Å². The highest BCUT2D eigenvalue weighted by Crippen LogP contribution is 2.23. The Labute approximate surface area is 102 Å². The van der Waals surface area contributed by atoms with E-state index < -0.39 is 23.9 Å². The van der Waals surface area contributed by atoms with E-state index in [-0.39, 0.29) is 5.41 Å². The van der Waals surface area contributed by atoms with Gasteiger partial charge in [-0.25, -0.2) is 0 Å². The smallest absolute Gasteiger partial charge is 0.321 e. The highest BCUT2D eigenvalue weighted by molar-refractivity contribution is 5.94. The Hall–Kier alpha value is -1.10. The van der Waals surface area contributed by atoms with Crippen LogP contribution in [0, 0.1) is 11.3 Å². The highest BCUT2D eigenvalue weighted by Gasteiger charge is 2.33. The maximum Gasteiger partial charge on any atom is 0.321 e. The minimum Gasteiger partial charge on any atom is -0.481 e. The molecule has 3 N–H and O–H groups in total. The van der Waals surface area contributed by atoms with Crippen LogP contribution in [-0.2, 0) is 14.3 Å². The summed E-state index contributed by atoms with van der Waals surface area (Å²) in [5.74, 6) is -3.26. The third-order valence-electron chi connectivity index (χ3n) is 2.61. The van der Waals surface area contributed by atoms with E-state index in [4.69, 9.17) is 10.8 Å². The second kappa shape index (κ2) is 6.59. The van der Waals surface area contributed by atoms with E-state index in [1.807, 2.05) is 0 Å². The number of carboxylic acids is 1. The lowest BCUT2D eigenvalue weighted by atomic mass is 9.87. The van der Waals surface area contributed by atoms with Gasteiger partial charge in [-0.2, -0.15) is 0 Å². The Morgan fingerprint density at radius 3 is 2.24 bits per heavy atom. The first kappa shape index (κ1) is 15.9. The molecule has 0 radical (unpaired) electrons. The fraction of sp³-hybridized carbons (Fsp3) is 0.833. The lowest BCUT2D eigenvalue weighted by Crippen LogP contribution is -2.41. The molecular weight excluding hydrogens is 222 g/mol. The van der Waals surface area contributed by atoms with Gasteiger partial charge in [0.25, 0.3) is 0 Å². The molecule has 0 saturated carbocycles. The molecule has 0 aliphatic rings. The lowest BCUT2D eigenvalue weighted by molar-refractivity contribution is -0.157. The van der Waals surface area contributed by atoms with Gasteiger partial charge in [0.1, 0.15) is 0 Å². The zero-order chi connectivity index (χ0) is 13.6. The number of carbonyl (C=O) groups excluding carboxylic acids is 1. The number of hydrogen-bond acceptors (Lipinski definition) is 4. The molecule has 0 rings (SSSR count). The topological polar surface area (TPSA) is 89.6 Å². The molecule has 0 saturated heterocycles. The van der Waals surface area contributed by atoms with Gasteiger partial charge in [-0.05, 0) is 18.3 Å².